The summed E-state index contributed by atoms with van der Waals surface area (Å²) in [6.07, 6.45) is 2.41. The molecule has 2 rings (SSSR count). The van der Waals surface area contributed by atoms with Crippen LogP contribution in [0.1, 0.15) is 21.5 Å². The zero-order valence-corrected chi connectivity index (χ0v) is 9.06. The molecule has 0 saturated heterocycles. The molecule has 0 aliphatic heterocycles. The summed E-state index contributed by atoms with van der Waals surface area (Å²) in [7, 11) is 0. The Labute approximate surface area is 98.1 Å². The molecule has 0 saturated carbocycles. The van der Waals surface area contributed by atoms with Gasteiger partial charge in [-0.05, 0) is 11.6 Å². The van der Waals surface area contributed by atoms with Crippen LogP contribution in [0.4, 0.5) is 4.39 Å². The molecular formula is C13H11FN2O. The molecular weight excluding hydrogens is 219 g/mol. The van der Waals surface area contributed by atoms with Gasteiger partial charge < -0.3 is 5.73 Å². The number of carbonyl (C=O) groups is 1. The van der Waals surface area contributed by atoms with Crippen LogP contribution in [0, 0.1) is 5.82 Å². The lowest BCUT2D eigenvalue weighted by Gasteiger charge is -2.02. The standard InChI is InChI=1S/C13H11FN2O/c14-12-5-11(7-16-8-12)13(17)10-3-1-9(6-15)2-4-10/h1-5,7-8H,6,15H2. The van der Waals surface area contributed by atoms with Crippen LogP contribution < -0.4 is 5.73 Å². The predicted molar refractivity (Wildman–Crippen MR) is 62.0 cm³/mol. The van der Waals surface area contributed by atoms with Crippen molar-refractivity contribution in [3.05, 3.63) is 65.2 Å². The molecule has 2 N–H and O–H groups in total. The van der Waals surface area contributed by atoms with Crippen LogP contribution in [0.2, 0.25) is 0 Å². The van der Waals surface area contributed by atoms with Gasteiger partial charge in [-0.15, -0.1) is 0 Å². The van der Waals surface area contributed by atoms with Crippen LogP contribution >= 0.6 is 0 Å². The normalized spacial score (nSPS) is 10.2. The second kappa shape index (κ2) is 4.84. The average molecular weight is 230 g/mol. The molecule has 1 aromatic heterocycles. The first-order valence-electron chi connectivity index (χ1n) is 5.15. The summed E-state index contributed by atoms with van der Waals surface area (Å²) in [6.45, 7) is 0.427. The van der Waals surface area contributed by atoms with E-state index in [-0.39, 0.29) is 11.3 Å². The fourth-order valence-electron chi connectivity index (χ4n) is 1.49. The molecule has 0 fully saturated rings. The molecule has 0 aliphatic carbocycles. The Morgan fingerprint density at radius 2 is 1.88 bits per heavy atom. The summed E-state index contributed by atoms with van der Waals surface area (Å²) in [5.74, 6) is -0.769. The second-order valence-electron chi connectivity index (χ2n) is 3.62. The van der Waals surface area contributed by atoms with Crippen molar-refractivity contribution >= 4 is 5.78 Å². The van der Waals surface area contributed by atoms with Crippen molar-refractivity contribution < 1.29 is 9.18 Å². The Bertz CT molecular complexity index is 537. The van der Waals surface area contributed by atoms with Gasteiger partial charge in [0.25, 0.3) is 0 Å². The third-order valence-corrected chi connectivity index (χ3v) is 2.42. The molecule has 3 nitrogen and oxygen atoms in total. The zero-order valence-electron chi connectivity index (χ0n) is 9.06. The van der Waals surface area contributed by atoms with Gasteiger partial charge in [-0.25, -0.2) is 4.39 Å². The summed E-state index contributed by atoms with van der Waals surface area (Å²) < 4.78 is 12.9. The SMILES string of the molecule is NCc1ccc(C(=O)c2cncc(F)c2)cc1. The number of hydrogen-bond acceptors (Lipinski definition) is 3. The maximum absolute atomic E-state index is 12.9. The van der Waals surface area contributed by atoms with Gasteiger partial charge in [0.05, 0.1) is 6.20 Å². The Hall–Kier alpha value is -2.07. The van der Waals surface area contributed by atoms with E-state index in [1.165, 1.54) is 12.3 Å². The lowest BCUT2D eigenvalue weighted by molar-refractivity contribution is 0.103. The molecule has 0 amide bonds. The van der Waals surface area contributed by atoms with Gasteiger partial charge in [0, 0.05) is 23.9 Å². The van der Waals surface area contributed by atoms with Crippen LogP contribution in [-0.2, 0) is 6.54 Å². The van der Waals surface area contributed by atoms with Crippen molar-refractivity contribution in [2.75, 3.05) is 0 Å². The highest BCUT2D eigenvalue weighted by Crippen LogP contribution is 2.11. The first kappa shape index (κ1) is 11.4. The summed E-state index contributed by atoms with van der Waals surface area (Å²) in [5.41, 5.74) is 7.14. The number of benzene rings is 1. The van der Waals surface area contributed by atoms with Crippen molar-refractivity contribution in [2.24, 2.45) is 5.73 Å². The van der Waals surface area contributed by atoms with Gasteiger partial charge in [-0.2, -0.15) is 0 Å². The van der Waals surface area contributed by atoms with E-state index >= 15 is 0 Å². The van der Waals surface area contributed by atoms with Crippen LogP contribution in [0.5, 0.6) is 0 Å². The van der Waals surface area contributed by atoms with Crippen molar-refractivity contribution in [1.82, 2.24) is 4.98 Å². The van der Waals surface area contributed by atoms with E-state index in [9.17, 15) is 9.18 Å². The fourth-order valence-corrected chi connectivity index (χ4v) is 1.49. The molecule has 0 aliphatic rings. The van der Waals surface area contributed by atoms with E-state index in [4.69, 9.17) is 5.73 Å². The highest BCUT2D eigenvalue weighted by molar-refractivity contribution is 6.08. The average Bonchev–Trinajstić information content (AvgIpc) is 2.38. The Balaban J connectivity index is 2.30. The van der Waals surface area contributed by atoms with Crippen molar-refractivity contribution in [3.63, 3.8) is 0 Å². The molecule has 1 heterocycles. The van der Waals surface area contributed by atoms with E-state index in [0.29, 0.717) is 12.1 Å². The van der Waals surface area contributed by atoms with Crippen LogP contribution in [0.15, 0.2) is 42.7 Å². The van der Waals surface area contributed by atoms with Crippen molar-refractivity contribution in [1.29, 1.82) is 0 Å². The Kier molecular flexibility index (Phi) is 3.25. The van der Waals surface area contributed by atoms with Crippen molar-refractivity contribution in [3.8, 4) is 0 Å². The maximum Gasteiger partial charge on any atom is 0.194 e. The predicted octanol–water partition coefficient (Wildman–Crippen LogP) is 1.91. The van der Waals surface area contributed by atoms with E-state index < -0.39 is 5.82 Å². The number of halogens is 1. The van der Waals surface area contributed by atoms with Crippen LogP contribution in [0.25, 0.3) is 0 Å². The number of hydrogen-bond donors (Lipinski definition) is 1. The number of pyridine rings is 1. The number of nitrogens with two attached hydrogens (primary N) is 1. The van der Waals surface area contributed by atoms with Gasteiger partial charge >= 0.3 is 0 Å². The number of ketones is 1. The summed E-state index contributed by atoms with van der Waals surface area (Å²) >= 11 is 0. The number of carbonyl (C=O) groups excluding carboxylic acids is 1. The molecule has 0 bridgehead atoms. The minimum Gasteiger partial charge on any atom is -0.326 e. The monoisotopic (exact) mass is 230 g/mol. The quantitative estimate of drug-likeness (QED) is 0.819. The molecule has 1 aromatic carbocycles. The lowest BCUT2D eigenvalue weighted by Crippen LogP contribution is -2.03. The van der Waals surface area contributed by atoms with E-state index in [2.05, 4.69) is 4.98 Å². The van der Waals surface area contributed by atoms with Gasteiger partial charge in [-0.3, -0.25) is 9.78 Å². The highest BCUT2D eigenvalue weighted by atomic mass is 19.1. The van der Waals surface area contributed by atoms with E-state index in [1.54, 1.807) is 24.3 Å². The number of aromatic nitrogens is 1. The largest absolute Gasteiger partial charge is 0.326 e. The topological polar surface area (TPSA) is 56.0 Å². The number of rotatable bonds is 3. The Morgan fingerprint density at radius 1 is 1.18 bits per heavy atom. The van der Waals surface area contributed by atoms with Gasteiger partial charge in [0.15, 0.2) is 5.78 Å². The second-order valence-corrected chi connectivity index (χ2v) is 3.62. The zero-order chi connectivity index (χ0) is 12.3. The molecule has 4 heteroatoms. The molecule has 0 radical (unpaired) electrons. The molecule has 17 heavy (non-hydrogen) atoms. The lowest BCUT2D eigenvalue weighted by atomic mass is 10.0. The minimum atomic E-state index is -0.519. The summed E-state index contributed by atoms with van der Waals surface area (Å²) in [5, 5.41) is 0. The summed E-state index contributed by atoms with van der Waals surface area (Å²) in [4.78, 5) is 15.6. The summed E-state index contributed by atoms with van der Waals surface area (Å²) in [6, 6.07) is 8.08. The van der Waals surface area contributed by atoms with Crippen molar-refractivity contribution in [2.45, 2.75) is 6.54 Å². The van der Waals surface area contributed by atoms with E-state index in [0.717, 1.165) is 11.8 Å². The van der Waals surface area contributed by atoms with E-state index in [1.807, 2.05) is 0 Å². The van der Waals surface area contributed by atoms with Gasteiger partial charge in [0.2, 0.25) is 0 Å². The fraction of sp³-hybridized carbons (Fsp3) is 0.0769. The van der Waals surface area contributed by atoms with Gasteiger partial charge in [0.1, 0.15) is 5.82 Å². The minimum absolute atomic E-state index is 0.241. The highest BCUT2D eigenvalue weighted by Gasteiger charge is 2.09. The smallest absolute Gasteiger partial charge is 0.194 e. The molecule has 86 valence electrons. The van der Waals surface area contributed by atoms with Gasteiger partial charge in [-0.1, -0.05) is 24.3 Å². The van der Waals surface area contributed by atoms with Crippen LogP contribution in [-0.4, -0.2) is 10.8 Å². The number of nitrogens with zero attached hydrogens (tertiary/aromatic N) is 1. The molecule has 0 atom stereocenters. The molecule has 0 unspecified atom stereocenters. The Morgan fingerprint density at radius 3 is 2.47 bits per heavy atom. The third-order valence-electron chi connectivity index (χ3n) is 2.42. The first-order valence-corrected chi connectivity index (χ1v) is 5.15. The molecule has 0 spiro atoms. The third kappa shape index (κ3) is 2.54. The molecule has 2 aromatic rings. The first-order chi connectivity index (χ1) is 8.20. The maximum atomic E-state index is 12.9. The van der Waals surface area contributed by atoms with Crippen LogP contribution in [0.3, 0.4) is 0 Å².